The fraction of sp³-hybridized carbons (Fsp3) is 0.286. The monoisotopic (exact) mass is 408 g/mol. The minimum atomic E-state index is -0.377. The number of rotatable bonds is 6. The number of hydrogen-bond acceptors (Lipinski definition) is 5. The number of amides is 2. The number of aryl methyl sites for hydroxylation is 3. The van der Waals surface area contributed by atoms with Crippen LogP contribution in [0.3, 0.4) is 0 Å². The lowest BCUT2D eigenvalue weighted by atomic mass is 10.2. The number of carbonyl (C=O) groups is 2. The lowest BCUT2D eigenvalue weighted by Gasteiger charge is -2.14. The van der Waals surface area contributed by atoms with Gasteiger partial charge < -0.3 is 10.6 Å². The van der Waals surface area contributed by atoms with Gasteiger partial charge in [0.05, 0.1) is 5.69 Å². The van der Waals surface area contributed by atoms with Crippen molar-refractivity contribution in [1.29, 1.82) is 0 Å². The summed E-state index contributed by atoms with van der Waals surface area (Å²) in [6, 6.07) is 10.0. The van der Waals surface area contributed by atoms with E-state index in [0.29, 0.717) is 29.4 Å². The Morgan fingerprint density at radius 3 is 2.20 bits per heavy atom. The van der Waals surface area contributed by atoms with E-state index >= 15 is 0 Å². The third-order valence-electron chi connectivity index (χ3n) is 4.39. The van der Waals surface area contributed by atoms with Crippen LogP contribution in [0.5, 0.6) is 0 Å². The van der Waals surface area contributed by atoms with Gasteiger partial charge in [0.2, 0.25) is 17.8 Å². The molecular weight excluding hydrogens is 384 g/mol. The summed E-state index contributed by atoms with van der Waals surface area (Å²) < 4.78 is 2.88. The topological polar surface area (TPSA) is 111 Å². The largest absolute Gasteiger partial charge is 0.326 e. The first-order valence-electron chi connectivity index (χ1n) is 9.58. The predicted molar refractivity (Wildman–Crippen MR) is 114 cm³/mol. The van der Waals surface area contributed by atoms with Crippen LogP contribution in [0.4, 0.5) is 11.4 Å². The molecule has 2 amide bonds. The van der Waals surface area contributed by atoms with Crippen molar-refractivity contribution in [2.75, 3.05) is 10.6 Å². The number of aromatic nitrogens is 4. The van der Waals surface area contributed by atoms with Gasteiger partial charge in [0, 0.05) is 35.8 Å². The molecule has 0 radical (unpaired) electrons. The molecule has 2 heterocycles. The molecule has 0 spiro atoms. The highest BCUT2D eigenvalue weighted by Gasteiger charge is 2.16. The number of nitrogens with one attached hydrogen (secondary N) is 2. The molecule has 0 aliphatic heterocycles. The zero-order valence-electron chi connectivity index (χ0n) is 17.4. The number of anilines is 2. The Morgan fingerprint density at radius 1 is 1.03 bits per heavy atom. The molecule has 1 aromatic carbocycles. The van der Waals surface area contributed by atoms with Gasteiger partial charge in [-0.15, -0.1) is 0 Å². The van der Waals surface area contributed by atoms with E-state index in [1.54, 1.807) is 28.9 Å². The highest BCUT2D eigenvalue weighted by molar-refractivity contribution is 5.92. The maximum absolute atomic E-state index is 12.7. The second kappa shape index (κ2) is 8.73. The summed E-state index contributed by atoms with van der Waals surface area (Å²) in [6.07, 6.45) is 0.592. The molecule has 3 rings (SSSR count). The van der Waals surface area contributed by atoms with Crippen molar-refractivity contribution >= 4 is 23.2 Å². The average molecular weight is 408 g/mol. The number of nitrogens with zero attached hydrogens (tertiary/aromatic N) is 4. The van der Waals surface area contributed by atoms with Gasteiger partial charge in [-0.3, -0.25) is 19.0 Å². The first kappa shape index (κ1) is 21.0. The van der Waals surface area contributed by atoms with Crippen LogP contribution in [0.1, 0.15) is 30.9 Å². The maximum Gasteiger partial charge on any atom is 0.255 e. The number of benzene rings is 1. The first-order chi connectivity index (χ1) is 14.3. The molecule has 0 saturated carbocycles. The van der Waals surface area contributed by atoms with E-state index in [1.165, 1.54) is 17.6 Å². The third kappa shape index (κ3) is 4.80. The molecule has 0 bridgehead atoms. The van der Waals surface area contributed by atoms with Gasteiger partial charge in [0.25, 0.3) is 5.56 Å². The Labute approximate surface area is 173 Å². The van der Waals surface area contributed by atoms with Crippen LogP contribution >= 0.6 is 0 Å². The Hall–Kier alpha value is -3.75. The van der Waals surface area contributed by atoms with E-state index in [4.69, 9.17) is 0 Å². The smallest absolute Gasteiger partial charge is 0.255 e. The van der Waals surface area contributed by atoms with Crippen LogP contribution in [0.2, 0.25) is 0 Å². The van der Waals surface area contributed by atoms with Gasteiger partial charge in [0.1, 0.15) is 6.54 Å². The molecule has 9 nitrogen and oxygen atoms in total. The van der Waals surface area contributed by atoms with Crippen molar-refractivity contribution in [2.45, 2.75) is 40.7 Å². The van der Waals surface area contributed by atoms with E-state index in [1.807, 2.05) is 26.8 Å². The van der Waals surface area contributed by atoms with E-state index < -0.39 is 0 Å². The minimum Gasteiger partial charge on any atom is -0.326 e. The third-order valence-corrected chi connectivity index (χ3v) is 4.39. The standard InChI is InChI=1S/C21H24N6O3/c1-5-16-11-20(30)26(21(24-16)27-14(3)10-13(2)25-27)12-19(29)23-18-8-6-17(7-9-18)22-15(4)28/h6-11H,5,12H2,1-4H3,(H,22,28)(H,23,29). The van der Waals surface area contributed by atoms with Crippen molar-refractivity contribution < 1.29 is 9.59 Å². The summed E-state index contributed by atoms with van der Waals surface area (Å²) in [5.74, 6) is -0.245. The summed E-state index contributed by atoms with van der Waals surface area (Å²) in [5.41, 5.74) is 3.10. The van der Waals surface area contributed by atoms with E-state index in [0.717, 1.165) is 11.4 Å². The van der Waals surface area contributed by atoms with Gasteiger partial charge in [-0.25, -0.2) is 9.67 Å². The summed E-state index contributed by atoms with van der Waals surface area (Å²) in [4.78, 5) is 41.0. The molecule has 9 heteroatoms. The molecule has 30 heavy (non-hydrogen) atoms. The average Bonchev–Trinajstić information content (AvgIpc) is 3.02. The minimum absolute atomic E-state index is 0.175. The Bertz CT molecular complexity index is 1140. The van der Waals surface area contributed by atoms with E-state index in [9.17, 15) is 14.4 Å². The Balaban J connectivity index is 1.87. The van der Waals surface area contributed by atoms with Crippen LogP contribution < -0.4 is 16.2 Å². The van der Waals surface area contributed by atoms with Crippen LogP contribution in [-0.4, -0.2) is 31.1 Å². The summed E-state index contributed by atoms with van der Waals surface area (Å²) >= 11 is 0. The Kier molecular flexibility index (Phi) is 6.10. The highest BCUT2D eigenvalue weighted by atomic mass is 16.2. The fourth-order valence-electron chi connectivity index (χ4n) is 3.05. The Morgan fingerprint density at radius 2 is 1.67 bits per heavy atom. The van der Waals surface area contributed by atoms with Crippen LogP contribution in [0.15, 0.2) is 41.2 Å². The zero-order chi connectivity index (χ0) is 21.8. The van der Waals surface area contributed by atoms with Crippen molar-refractivity contribution in [1.82, 2.24) is 19.3 Å². The molecule has 0 fully saturated rings. The van der Waals surface area contributed by atoms with E-state index in [2.05, 4.69) is 20.7 Å². The van der Waals surface area contributed by atoms with Crippen molar-refractivity contribution in [3.63, 3.8) is 0 Å². The normalized spacial score (nSPS) is 10.7. The maximum atomic E-state index is 12.7. The van der Waals surface area contributed by atoms with Gasteiger partial charge >= 0.3 is 0 Å². The molecule has 2 N–H and O–H groups in total. The van der Waals surface area contributed by atoms with Gasteiger partial charge in [0.15, 0.2) is 0 Å². The summed E-state index contributed by atoms with van der Waals surface area (Å²) in [5, 5.41) is 9.83. The molecule has 0 atom stereocenters. The van der Waals surface area contributed by atoms with Crippen LogP contribution in [0, 0.1) is 13.8 Å². The first-order valence-corrected chi connectivity index (χ1v) is 9.58. The fourth-order valence-corrected chi connectivity index (χ4v) is 3.05. The molecule has 0 unspecified atom stereocenters. The number of carbonyl (C=O) groups excluding carboxylic acids is 2. The molecule has 0 saturated heterocycles. The SMILES string of the molecule is CCc1cc(=O)n(CC(=O)Nc2ccc(NC(C)=O)cc2)c(-n2nc(C)cc2C)n1. The van der Waals surface area contributed by atoms with Crippen LogP contribution in [-0.2, 0) is 22.6 Å². The van der Waals surface area contributed by atoms with Crippen molar-refractivity contribution in [2.24, 2.45) is 0 Å². The molecule has 156 valence electrons. The molecular formula is C21H24N6O3. The molecule has 0 aliphatic carbocycles. The summed E-state index contributed by atoms with van der Waals surface area (Å²) in [6.45, 7) is 6.84. The predicted octanol–water partition coefficient (Wildman–Crippen LogP) is 2.21. The van der Waals surface area contributed by atoms with Gasteiger partial charge in [-0.05, 0) is 50.6 Å². The zero-order valence-corrected chi connectivity index (χ0v) is 17.4. The quantitative estimate of drug-likeness (QED) is 0.650. The van der Waals surface area contributed by atoms with Gasteiger partial charge in [-0.2, -0.15) is 5.10 Å². The lowest BCUT2D eigenvalue weighted by Crippen LogP contribution is -2.32. The van der Waals surface area contributed by atoms with Gasteiger partial charge in [-0.1, -0.05) is 6.92 Å². The van der Waals surface area contributed by atoms with E-state index in [-0.39, 0.29) is 23.9 Å². The summed E-state index contributed by atoms with van der Waals surface area (Å²) in [7, 11) is 0. The molecule has 2 aromatic heterocycles. The molecule has 0 aliphatic rings. The molecule has 3 aromatic rings. The second-order valence-corrected chi connectivity index (χ2v) is 6.97. The van der Waals surface area contributed by atoms with Crippen molar-refractivity contribution in [3.8, 4) is 5.95 Å². The highest BCUT2D eigenvalue weighted by Crippen LogP contribution is 2.14. The van der Waals surface area contributed by atoms with Crippen molar-refractivity contribution in [3.05, 3.63) is 63.8 Å². The lowest BCUT2D eigenvalue weighted by molar-refractivity contribution is -0.117. The van der Waals surface area contributed by atoms with Crippen LogP contribution in [0.25, 0.3) is 5.95 Å². The number of hydrogen-bond donors (Lipinski definition) is 2. The second-order valence-electron chi connectivity index (χ2n) is 6.97.